The number of halogens is 1. The van der Waals surface area contributed by atoms with Crippen molar-refractivity contribution < 1.29 is 16.8 Å². The van der Waals surface area contributed by atoms with Crippen molar-refractivity contribution in [1.29, 1.82) is 0 Å². The smallest absolute Gasteiger partial charge is 0.243 e. The molecule has 0 bridgehead atoms. The number of hydrogen-bond donors (Lipinski definition) is 0. The van der Waals surface area contributed by atoms with Crippen LogP contribution in [0.5, 0.6) is 0 Å². The Kier molecular flexibility index (Phi) is 8.36. The molecule has 0 saturated carbocycles. The third-order valence-corrected chi connectivity index (χ3v) is 11.6. The first-order valence-corrected chi connectivity index (χ1v) is 15.8. The fourth-order valence-electron chi connectivity index (χ4n) is 5.18. The van der Waals surface area contributed by atoms with E-state index in [4.69, 9.17) is 11.6 Å². The summed E-state index contributed by atoms with van der Waals surface area (Å²) >= 11 is 6.12. The number of rotatable bonds is 5. The van der Waals surface area contributed by atoms with Crippen molar-refractivity contribution in [1.82, 2.24) is 8.61 Å². The molecule has 0 amide bonds. The van der Waals surface area contributed by atoms with Gasteiger partial charge in [0, 0.05) is 51.0 Å². The maximum absolute atomic E-state index is 13.7. The summed E-state index contributed by atoms with van der Waals surface area (Å²) in [5.74, 6) is -0.136. The van der Waals surface area contributed by atoms with Gasteiger partial charge in [-0.05, 0) is 85.5 Å². The number of sulfonamides is 2. The Morgan fingerprint density at radius 3 is 2.19 bits per heavy atom. The first-order chi connectivity index (χ1) is 17.0. The summed E-state index contributed by atoms with van der Waals surface area (Å²) in [6, 6.07) is 12.6. The molecule has 2 aromatic rings. The zero-order valence-electron chi connectivity index (χ0n) is 21.2. The average Bonchev–Trinajstić information content (AvgIpc) is 2.94. The third kappa shape index (κ3) is 5.91. The largest absolute Gasteiger partial charge is 0.378 e. The number of anilines is 1. The van der Waals surface area contributed by atoms with Crippen molar-refractivity contribution in [2.75, 3.05) is 45.2 Å². The van der Waals surface area contributed by atoms with Crippen molar-refractivity contribution in [2.24, 2.45) is 5.92 Å². The molecule has 1 fully saturated rings. The van der Waals surface area contributed by atoms with E-state index in [9.17, 15) is 16.8 Å². The van der Waals surface area contributed by atoms with Crippen LogP contribution in [0, 0.1) is 5.92 Å². The summed E-state index contributed by atoms with van der Waals surface area (Å²) in [5.41, 5.74) is 3.11. The molecular formula is C26H36ClN3O4S2. The first kappa shape index (κ1) is 27.4. The summed E-state index contributed by atoms with van der Waals surface area (Å²) in [4.78, 5) is 2.19. The monoisotopic (exact) mass is 553 g/mol. The predicted molar refractivity (Wildman–Crippen MR) is 146 cm³/mol. The van der Waals surface area contributed by atoms with Crippen LogP contribution in [0.4, 0.5) is 5.69 Å². The number of fused-ring (bicyclic) bond motifs is 1. The molecule has 10 heteroatoms. The van der Waals surface area contributed by atoms with E-state index < -0.39 is 25.3 Å². The van der Waals surface area contributed by atoms with Gasteiger partial charge in [0.1, 0.15) is 0 Å². The van der Waals surface area contributed by atoms with Crippen LogP contribution in [0.1, 0.15) is 37.3 Å². The van der Waals surface area contributed by atoms with Gasteiger partial charge in [-0.25, -0.2) is 21.1 Å². The van der Waals surface area contributed by atoms with Gasteiger partial charge in [-0.15, -0.1) is 0 Å². The number of hydrogen-bond acceptors (Lipinski definition) is 5. The molecule has 1 heterocycles. The fraction of sp³-hybridized carbons (Fsp3) is 0.538. The molecule has 0 radical (unpaired) electrons. The summed E-state index contributed by atoms with van der Waals surface area (Å²) in [5, 5.41) is 0.214. The Hall–Kier alpha value is -1.65. The second-order valence-electron chi connectivity index (χ2n) is 10.2. The molecule has 1 unspecified atom stereocenters. The molecule has 198 valence electrons. The zero-order valence-corrected chi connectivity index (χ0v) is 23.6. The number of benzene rings is 2. The Bertz CT molecular complexity index is 1280. The maximum atomic E-state index is 13.7. The van der Waals surface area contributed by atoms with Gasteiger partial charge < -0.3 is 4.90 Å². The Morgan fingerprint density at radius 1 is 0.889 bits per heavy atom. The molecule has 1 aliphatic heterocycles. The quantitative estimate of drug-likeness (QED) is 0.559. The van der Waals surface area contributed by atoms with Gasteiger partial charge in [0.05, 0.1) is 10.1 Å². The normalized spacial score (nSPS) is 22.8. The molecule has 36 heavy (non-hydrogen) atoms. The summed E-state index contributed by atoms with van der Waals surface area (Å²) in [6.07, 6.45) is 2.99. The highest BCUT2D eigenvalue weighted by molar-refractivity contribution is 7.89. The van der Waals surface area contributed by atoms with Crippen LogP contribution in [-0.2, 0) is 32.9 Å². The van der Waals surface area contributed by atoms with Crippen molar-refractivity contribution in [3.8, 4) is 0 Å². The average molecular weight is 554 g/mol. The van der Waals surface area contributed by atoms with Crippen LogP contribution in [0.3, 0.4) is 0 Å². The standard InChI is InChI=1S/C26H36ClN3O4S2/c1-20-18-29(35(31,32)25-12-9-24(10-13-25)28(2)3)14-4-5-15-30(19-20)36(33,34)26-11-7-21-16-23(27)8-6-22(21)17-26/h6,8-10,12-13,16,20,26H,4-5,7,11,14-15,17-19H2,1-3H3/t20-,26?/m0/s1. The van der Waals surface area contributed by atoms with Gasteiger partial charge in [0.15, 0.2) is 0 Å². The first-order valence-electron chi connectivity index (χ1n) is 12.5. The van der Waals surface area contributed by atoms with Crippen LogP contribution >= 0.6 is 11.6 Å². The van der Waals surface area contributed by atoms with Crippen LogP contribution < -0.4 is 4.90 Å². The third-order valence-electron chi connectivity index (χ3n) is 7.22. The number of nitrogens with zero attached hydrogens (tertiary/aromatic N) is 3. The minimum atomic E-state index is -3.67. The van der Waals surface area contributed by atoms with Gasteiger partial charge in [-0.1, -0.05) is 24.6 Å². The molecule has 4 rings (SSSR count). The van der Waals surface area contributed by atoms with E-state index >= 15 is 0 Å². The molecule has 2 atom stereocenters. The van der Waals surface area contributed by atoms with E-state index in [0.29, 0.717) is 56.8 Å². The fourth-order valence-corrected chi connectivity index (χ4v) is 9.05. The molecule has 0 spiro atoms. The topological polar surface area (TPSA) is 78.0 Å². The summed E-state index contributed by atoms with van der Waals surface area (Å²) < 4.78 is 57.4. The molecule has 7 nitrogen and oxygen atoms in total. The van der Waals surface area contributed by atoms with E-state index in [-0.39, 0.29) is 17.4 Å². The molecule has 1 aliphatic carbocycles. The lowest BCUT2D eigenvalue weighted by molar-refractivity contribution is 0.318. The van der Waals surface area contributed by atoms with Gasteiger partial charge in [0.25, 0.3) is 0 Å². The summed E-state index contributed by atoms with van der Waals surface area (Å²) in [6.45, 7) is 3.34. The van der Waals surface area contributed by atoms with E-state index in [0.717, 1.165) is 16.8 Å². The lowest BCUT2D eigenvalue weighted by Crippen LogP contribution is -2.44. The molecule has 0 N–H and O–H groups in total. The molecule has 2 aliphatic rings. The van der Waals surface area contributed by atoms with Gasteiger partial charge in [0.2, 0.25) is 20.0 Å². The van der Waals surface area contributed by atoms with Crippen LogP contribution in [0.25, 0.3) is 0 Å². The van der Waals surface area contributed by atoms with E-state index in [1.54, 1.807) is 28.6 Å². The highest BCUT2D eigenvalue weighted by atomic mass is 35.5. The Morgan fingerprint density at radius 2 is 1.53 bits per heavy atom. The summed E-state index contributed by atoms with van der Waals surface area (Å²) in [7, 11) is -3.36. The van der Waals surface area contributed by atoms with Gasteiger partial charge in [-0.3, -0.25) is 0 Å². The molecule has 2 aromatic carbocycles. The van der Waals surface area contributed by atoms with E-state index in [1.165, 1.54) is 4.31 Å². The lowest BCUT2D eigenvalue weighted by Gasteiger charge is -2.32. The minimum absolute atomic E-state index is 0.136. The molecular weight excluding hydrogens is 518 g/mol. The van der Waals surface area contributed by atoms with E-state index in [2.05, 4.69) is 0 Å². The van der Waals surface area contributed by atoms with Crippen LogP contribution in [-0.4, -0.2) is 71.0 Å². The minimum Gasteiger partial charge on any atom is -0.378 e. The zero-order chi connectivity index (χ0) is 26.1. The van der Waals surface area contributed by atoms with Crippen molar-refractivity contribution >= 4 is 37.3 Å². The van der Waals surface area contributed by atoms with Gasteiger partial charge in [-0.2, -0.15) is 4.31 Å². The highest BCUT2D eigenvalue weighted by Gasteiger charge is 2.36. The van der Waals surface area contributed by atoms with Crippen molar-refractivity contribution in [3.63, 3.8) is 0 Å². The maximum Gasteiger partial charge on any atom is 0.243 e. The SMILES string of the molecule is C[C@H]1CN(S(=O)(=O)c2ccc(N(C)C)cc2)CCCCN(S(=O)(=O)C2CCc3cc(Cl)ccc3C2)C1. The molecule has 0 aromatic heterocycles. The van der Waals surface area contributed by atoms with E-state index in [1.807, 2.05) is 44.1 Å². The highest BCUT2D eigenvalue weighted by Crippen LogP contribution is 2.30. The van der Waals surface area contributed by atoms with Crippen LogP contribution in [0.2, 0.25) is 5.02 Å². The molecule has 1 saturated heterocycles. The second kappa shape index (κ2) is 11.0. The predicted octanol–water partition coefficient (Wildman–Crippen LogP) is 4.02. The second-order valence-corrected chi connectivity index (χ2v) is 14.8. The van der Waals surface area contributed by atoms with Crippen molar-refractivity contribution in [2.45, 2.75) is 49.2 Å². The Labute approximate surface area is 221 Å². The number of aryl methyl sites for hydroxylation is 1. The van der Waals surface area contributed by atoms with Crippen molar-refractivity contribution in [3.05, 3.63) is 58.6 Å². The van der Waals surface area contributed by atoms with Crippen LogP contribution in [0.15, 0.2) is 47.4 Å². The van der Waals surface area contributed by atoms with Gasteiger partial charge >= 0.3 is 0 Å². The lowest BCUT2D eigenvalue weighted by atomic mass is 9.91. The Balaban J connectivity index is 1.48.